The second-order valence-electron chi connectivity index (χ2n) is 3.70. The van der Waals surface area contributed by atoms with E-state index in [1.54, 1.807) is 0 Å². The van der Waals surface area contributed by atoms with E-state index >= 15 is 0 Å². The van der Waals surface area contributed by atoms with E-state index in [0.29, 0.717) is 12.1 Å². The van der Waals surface area contributed by atoms with Gasteiger partial charge in [0.1, 0.15) is 0 Å². The van der Waals surface area contributed by atoms with Gasteiger partial charge in [-0.1, -0.05) is 0 Å². The second kappa shape index (κ2) is 5.41. The van der Waals surface area contributed by atoms with Crippen molar-refractivity contribution in [3.63, 3.8) is 0 Å². The Morgan fingerprint density at radius 1 is 1.57 bits per heavy atom. The molecule has 0 amide bonds. The fraction of sp³-hybridized carbons (Fsp3) is 0.700. The van der Waals surface area contributed by atoms with Crippen molar-refractivity contribution in [2.24, 2.45) is 0 Å². The first-order chi connectivity index (χ1) is 6.65. The van der Waals surface area contributed by atoms with Crippen LogP contribution >= 0.6 is 11.8 Å². The molecule has 0 spiro atoms. The number of nitrogens with one attached hydrogen (secondary N) is 2. The smallest absolute Gasteiger partial charge is 0.0537 e. The molecule has 2 atom stereocenters. The molecule has 0 aliphatic heterocycles. The molecule has 2 N–H and O–H groups in total. The molecule has 0 saturated carbocycles. The van der Waals surface area contributed by atoms with Crippen molar-refractivity contribution in [3.8, 4) is 0 Å². The van der Waals surface area contributed by atoms with Gasteiger partial charge in [-0.15, -0.1) is 0 Å². The molecule has 0 radical (unpaired) electrons. The van der Waals surface area contributed by atoms with E-state index in [4.69, 9.17) is 0 Å². The van der Waals surface area contributed by atoms with Gasteiger partial charge in [0, 0.05) is 29.1 Å². The van der Waals surface area contributed by atoms with Gasteiger partial charge >= 0.3 is 0 Å². The van der Waals surface area contributed by atoms with E-state index in [1.165, 1.54) is 5.56 Å². The van der Waals surface area contributed by atoms with Crippen LogP contribution in [0.3, 0.4) is 0 Å². The normalized spacial score (nSPS) is 15.4. The van der Waals surface area contributed by atoms with Gasteiger partial charge in [-0.2, -0.15) is 16.9 Å². The Morgan fingerprint density at radius 3 is 2.79 bits per heavy atom. The number of H-pyrrole nitrogens is 1. The summed E-state index contributed by atoms with van der Waals surface area (Å²) in [5.74, 6) is 1.14. The van der Waals surface area contributed by atoms with Crippen LogP contribution in [0.15, 0.2) is 6.20 Å². The highest BCUT2D eigenvalue weighted by molar-refractivity contribution is 7.98. The highest BCUT2D eigenvalue weighted by atomic mass is 32.2. The van der Waals surface area contributed by atoms with E-state index in [9.17, 15) is 0 Å². The van der Waals surface area contributed by atoms with Gasteiger partial charge in [-0.05, 0) is 27.0 Å². The third kappa shape index (κ3) is 3.03. The van der Waals surface area contributed by atoms with Crippen LogP contribution in [0, 0.1) is 6.92 Å². The first kappa shape index (κ1) is 11.6. The number of thioether (sulfide) groups is 1. The third-order valence-electron chi connectivity index (χ3n) is 2.29. The lowest BCUT2D eigenvalue weighted by Crippen LogP contribution is -2.30. The van der Waals surface area contributed by atoms with Gasteiger partial charge in [0.25, 0.3) is 0 Å². The summed E-state index contributed by atoms with van der Waals surface area (Å²) >= 11 is 1.87. The lowest BCUT2D eigenvalue weighted by Gasteiger charge is -2.18. The van der Waals surface area contributed by atoms with Crippen molar-refractivity contribution in [1.29, 1.82) is 0 Å². The second-order valence-corrected chi connectivity index (χ2v) is 4.61. The molecule has 2 unspecified atom stereocenters. The first-order valence-electron chi connectivity index (χ1n) is 4.90. The molecule has 0 aliphatic rings. The zero-order valence-electron chi connectivity index (χ0n) is 9.29. The van der Waals surface area contributed by atoms with E-state index in [1.807, 2.05) is 18.0 Å². The molecule has 1 aromatic rings. The number of hydrogen-bond donors (Lipinski definition) is 2. The molecular formula is C10H19N3S. The topological polar surface area (TPSA) is 40.7 Å². The molecule has 0 fully saturated rings. The minimum absolute atomic E-state index is 0.371. The lowest BCUT2D eigenvalue weighted by molar-refractivity contribution is 0.510. The molecular weight excluding hydrogens is 194 g/mol. The Kier molecular flexibility index (Phi) is 4.48. The predicted octanol–water partition coefficient (Wildman–Crippen LogP) is 2.12. The molecule has 1 rings (SSSR count). The van der Waals surface area contributed by atoms with E-state index in [-0.39, 0.29) is 0 Å². The Bertz CT molecular complexity index is 272. The molecule has 1 heterocycles. The van der Waals surface area contributed by atoms with Crippen LogP contribution in [0.25, 0.3) is 0 Å². The summed E-state index contributed by atoms with van der Waals surface area (Å²) in [6, 6.07) is 0.908. The molecule has 3 nitrogen and oxygen atoms in total. The van der Waals surface area contributed by atoms with Crippen LogP contribution in [0.2, 0.25) is 0 Å². The fourth-order valence-electron chi connectivity index (χ4n) is 1.61. The van der Waals surface area contributed by atoms with E-state index in [2.05, 4.69) is 42.5 Å². The number of aromatic nitrogens is 2. The maximum atomic E-state index is 4.03. The van der Waals surface area contributed by atoms with Gasteiger partial charge in [-0.3, -0.25) is 5.10 Å². The lowest BCUT2D eigenvalue weighted by atomic mass is 10.1. The van der Waals surface area contributed by atoms with Crippen molar-refractivity contribution < 1.29 is 0 Å². The van der Waals surface area contributed by atoms with Crippen LogP contribution in [0.5, 0.6) is 0 Å². The summed E-state index contributed by atoms with van der Waals surface area (Å²) in [5, 5.41) is 10.5. The van der Waals surface area contributed by atoms with Crippen LogP contribution < -0.4 is 5.32 Å². The Balaban J connectivity index is 2.50. The molecule has 0 aliphatic carbocycles. The zero-order chi connectivity index (χ0) is 10.6. The number of hydrogen-bond acceptors (Lipinski definition) is 3. The average molecular weight is 213 g/mol. The quantitative estimate of drug-likeness (QED) is 0.787. The zero-order valence-corrected chi connectivity index (χ0v) is 10.1. The Morgan fingerprint density at radius 2 is 2.29 bits per heavy atom. The molecule has 14 heavy (non-hydrogen) atoms. The van der Waals surface area contributed by atoms with E-state index < -0.39 is 0 Å². The van der Waals surface area contributed by atoms with Gasteiger partial charge in [0.15, 0.2) is 0 Å². The molecule has 1 aromatic heterocycles. The maximum Gasteiger partial charge on any atom is 0.0537 e. The molecule has 0 bridgehead atoms. The summed E-state index contributed by atoms with van der Waals surface area (Å²) in [5.41, 5.74) is 2.42. The maximum absolute atomic E-state index is 4.03. The van der Waals surface area contributed by atoms with Gasteiger partial charge in [-0.25, -0.2) is 0 Å². The van der Waals surface area contributed by atoms with Gasteiger partial charge < -0.3 is 5.32 Å². The number of aromatic amines is 1. The molecule has 0 saturated heterocycles. The fourth-order valence-corrected chi connectivity index (χ4v) is 2.21. The van der Waals surface area contributed by atoms with Crippen molar-refractivity contribution in [3.05, 3.63) is 17.5 Å². The summed E-state index contributed by atoms with van der Waals surface area (Å²) in [6.07, 6.45) is 4.03. The van der Waals surface area contributed by atoms with Gasteiger partial charge in [0.2, 0.25) is 0 Å². The molecule has 4 heteroatoms. The Hall–Kier alpha value is -0.480. The largest absolute Gasteiger partial charge is 0.307 e. The third-order valence-corrected chi connectivity index (χ3v) is 3.12. The summed E-state index contributed by atoms with van der Waals surface area (Å²) in [7, 11) is 0. The van der Waals surface area contributed by atoms with Crippen molar-refractivity contribution in [1.82, 2.24) is 15.5 Å². The first-order valence-corrected chi connectivity index (χ1v) is 6.29. The average Bonchev–Trinajstić information content (AvgIpc) is 2.51. The summed E-state index contributed by atoms with van der Waals surface area (Å²) < 4.78 is 0. The van der Waals surface area contributed by atoms with Crippen molar-refractivity contribution in [2.75, 3.05) is 12.0 Å². The SMILES string of the molecule is CSCC(C)NC(C)c1cn[nH]c1C. The minimum atomic E-state index is 0.371. The van der Waals surface area contributed by atoms with Gasteiger partial charge in [0.05, 0.1) is 6.20 Å². The highest BCUT2D eigenvalue weighted by Crippen LogP contribution is 2.15. The van der Waals surface area contributed by atoms with E-state index in [0.717, 1.165) is 11.4 Å². The van der Waals surface area contributed by atoms with Crippen LogP contribution in [0.1, 0.15) is 31.1 Å². The van der Waals surface area contributed by atoms with Crippen LogP contribution in [0.4, 0.5) is 0 Å². The van der Waals surface area contributed by atoms with Crippen molar-refractivity contribution >= 4 is 11.8 Å². The molecule has 80 valence electrons. The summed E-state index contributed by atoms with van der Waals surface area (Å²) in [4.78, 5) is 0. The number of aryl methyl sites for hydroxylation is 1. The van der Waals surface area contributed by atoms with Crippen LogP contribution in [-0.4, -0.2) is 28.2 Å². The number of nitrogens with zero attached hydrogens (tertiary/aromatic N) is 1. The highest BCUT2D eigenvalue weighted by Gasteiger charge is 2.12. The minimum Gasteiger partial charge on any atom is -0.307 e. The molecule has 0 aromatic carbocycles. The van der Waals surface area contributed by atoms with Crippen LogP contribution in [-0.2, 0) is 0 Å². The monoisotopic (exact) mass is 213 g/mol. The standard InChI is InChI=1S/C10H19N3S/c1-7(6-14-4)12-8(2)10-5-11-13-9(10)3/h5,7-8,12H,6H2,1-4H3,(H,11,13). The summed E-state index contributed by atoms with van der Waals surface area (Å²) in [6.45, 7) is 6.44. The number of rotatable bonds is 5. The predicted molar refractivity (Wildman–Crippen MR) is 62.7 cm³/mol. The van der Waals surface area contributed by atoms with Crippen molar-refractivity contribution in [2.45, 2.75) is 32.9 Å². The Labute approximate surface area is 90.1 Å².